The Bertz CT molecular complexity index is 1780. The number of hydrogen-bond acceptors (Lipinski definition) is 12. The molecule has 0 radical (unpaired) electrons. The van der Waals surface area contributed by atoms with Gasteiger partial charge in [-0.15, -0.1) is 0 Å². The van der Waals surface area contributed by atoms with Crippen LogP contribution in [0.4, 0.5) is 4.79 Å². The molecule has 13 atom stereocenters. The number of carbonyl (C=O) groups excluding carboxylic acids is 5. The zero-order valence-electron chi connectivity index (χ0n) is 32.9. The fourth-order valence-corrected chi connectivity index (χ4v) is 13.1. The molecule has 6 aliphatic rings. The van der Waals surface area contributed by atoms with Crippen LogP contribution in [-0.2, 0) is 54.1 Å². The number of carbonyl (C=O) groups is 5. The molecular weight excluding hydrogens is 710 g/mol. The summed E-state index contributed by atoms with van der Waals surface area (Å²) in [6.07, 6.45) is -1.68. The van der Waals surface area contributed by atoms with Gasteiger partial charge in [0.25, 0.3) is 0 Å². The summed E-state index contributed by atoms with van der Waals surface area (Å²) in [5, 5.41) is 16.3. The summed E-state index contributed by atoms with van der Waals surface area (Å²) in [7, 11) is 1.24. The number of esters is 4. The molecule has 4 saturated carbocycles. The number of amides is 1. The highest BCUT2D eigenvalue weighted by Crippen LogP contribution is 2.78. The second-order valence-electron chi connectivity index (χ2n) is 17.7. The maximum absolute atomic E-state index is 13.8. The number of epoxide rings is 1. The zero-order valence-corrected chi connectivity index (χ0v) is 32.9. The van der Waals surface area contributed by atoms with E-state index in [1.54, 1.807) is 6.92 Å². The van der Waals surface area contributed by atoms with Crippen molar-refractivity contribution in [3.8, 4) is 0 Å². The van der Waals surface area contributed by atoms with E-state index in [0.29, 0.717) is 37.7 Å². The van der Waals surface area contributed by atoms with Crippen LogP contribution in [0.3, 0.4) is 0 Å². The van der Waals surface area contributed by atoms with Gasteiger partial charge in [-0.2, -0.15) is 0 Å². The quantitative estimate of drug-likeness (QED) is 0.166. The van der Waals surface area contributed by atoms with E-state index in [4.69, 9.17) is 28.4 Å². The van der Waals surface area contributed by atoms with Crippen LogP contribution in [0.2, 0.25) is 0 Å². The van der Waals surface area contributed by atoms with Crippen LogP contribution in [0.5, 0.6) is 0 Å². The molecule has 1 aromatic rings. The first kappa shape index (κ1) is 39.3. The van der Waals surface area contributed by atoms with Gasteiger partial charge in [0.15, 0.2) is 6.10 Å². The van der Waals surface area contributed by atoms with Crippen molar-refractivity contribution in [3.63, 3.8) is 0 Å². The number of cyclic esters (lactones) is 1. The van der Waals surface area contributed by atoms with Gasteiger partial charge in [-0.1, -0.05) is 50.8 Å². The van der Waals surface area contributed by atoms with E-state index in [-0.39, 0.29) is 43.8 Å². The number of fused-ring (bicyclic) bond motifs is 9. The maximum Gasteiger partial charge on any atom is 0.407 e. The molecule has 2 saturated heterocycles. The molecule has 2 heterocycles. The fraction of sp³-hybridized carbons (Fsp3) is 0.690. The SMILES string of the molecule is C=C1C[C@@]2(O)C3CC[C@]4(C)C(CC[C@@]5(C(C)OC(=O)NCc6ccccc6)COC(=O)CC[C@H]54)[C@@]3(C)[C@H](OC(C)=O)[C@H](OC(C)=O)[C@@]2(C)[C@]2(C(=O)OC)O[C@H]12. The molecule has 2 N–H and O–H groups in total. The molecule has 3 unspecified atom stereocenters. The van der Waals surface area contributed by atoms with E-state index >= 15 is 0 Å². The van der Waals surface area contributed by atoms with E-state index in [0.717, 1.165) is 5.56 Å². The van der Waals surface area contributed by atoms with Crippen LogP contribution in [0.15, 0.2) is 42.5 Å². The molecule has 13 nitrogen and oxygen atoms in total. The average Bonchev–Trinajstić information content (AvgIpc) is 3.93. The highest BCUT2D eigenvalue weighted by molar-refractivity contribution is 5.87. The largest absolute Gasteiger partial charge is 0.467 e. The number of benzene rings is 1. The number of nitrogens with one attached hydrogen (secondary N) is 1. The number of hydrogen-bond donors (Lipinski definition) is 2. The van der Waals surface area contributed by atoms with Crippen LogP contribution in [-0.4, -0.2) is 84.4 Å². The van der Waals surface area contributed by atoms with Gasteiger partial charge in [0.1, 0.15) is 24.9 Å². The Morgan fingerprint density at radius 3 is 2.27 bits per heavy atom. The van der Waals surface area contributed by atoms with Gasteiger partial charge in [-0.05, 0) is 80.3 Å². The Morgan fingerprint density at radius 2 is 1.62 bits per heavy atom. The molecule has 0 spiro atoms. The van der Waals surface area contributed by atoms with Gasteiger partial charge in [0.2, 0.25) is 5.60 Å². The first-order chi connectivity index (χ1) is 25.9. The van der Waals surface area contributed by atoms with Gasteiger partial charge in [-0.3, -0.25) is 14.4 Å². The molecule has 7 rings (SSSR count). The van der Waals surface area contributed by atoms with Gasteiger partial charge in [0.05, 0.1) is 18.1 Å². The van der Waals surface area contributed by atoms with Crippen molar-refractivity contribution in [1.29, 1.82) is 0 Å². The third-order valence-electron chi connectivity index (χ3n) is 15.4. The van der Waals surface area contributed by atoms with E-state index in [2.05, 4.69) is 18.8 Å². The summed E-state index contributed by atoms with van der Waals surface area (Å²) in [6.45, 7) is 14.9. The van der Waals surface area contributed by atoms with Gasteiger partial charge >= 0.3 is 30.0 Å². The van der Waals surface area contributed by atoms with Crippen molar-refractivity contribution in [2.75, 3.05) is 13.7 Å². The second kappa shape index (κ2) is 13.3. The molecule has 13 heteroatoms. The van der Waals surface area contributed by atoms with Crippen LogP contribution in [0, 0.1) is 39.4 Å². The number of ether oxygens (including phenoxy) is 6. The minimum absolute atomic E-state index is 0.0672. The molecule has 0 aromatic heterocycles. The van der Waals surface area contributed by atoms with Crippen LogP contribution in [0.25, 0.3) is 0 Å². The van der Waals surface area contributed by atoms with Crippen molar-refractivity contribution in [2.24, 2.45) is 39.4 Å². The first-order valence-corrected chi connectivity index (χ1v) is 19.5. The molecule has 6 fully saturated rings. The summed E-state index contributed by atoms with van der Waals surface area (Å²) in [6, 6.07) is 9.52. The van der Waals surface area contributed by atoms with Crippen molar-refractivity contribution < 1.29 is 57.5 Å². The van der Waals surface area contributed by atoms with Crippen LogP contribution < -0.4 is 5.32 Å². The molecule has 55 heavy (non-hydrogen) atoms. The third kappa shape index (κ3) is 5.41. The first-order valence-electron chi connectivity index (χ1n) is 19.5. The average molecular weight is 766 g/mol. The van der Waals surface area contributed by atoms with Crippen molar-refractivity contribution in [3.05, 3.63) is 48.0 Å². The monoisotopic (exact) mass is 765 g/mol. The lowest BCUT2D eigenvalue weighted by atomic mass is 9.32. The summed E-state index contributed by atoms with van der Waals surface area (Å²) in [5.41, 5.74) is -5.96. The normalized spacial score (nSPS) is 43.2. The Labute approximate surface area is 322 Å². The lowest BCUT2D eigenvalue weighted by molar-refractivity contribution is -0.338. The van der Waals surface area contributed by atoms with E-state index < -0.39 is 87.2 Å². The smallest absolute Gasteiger partial charge is 0.407 e. The maximum atomic E-state index is 13.8. The topological polar surface area (TPSA) is 176 Å². The third-order valence-corrected chi connectivity index (χ3v) is 15.4. The van der Waals surface area contributed by atoms with Crippen LogP contribution >= 0.6 is 0 Å². The predicted molar refractivity (Wildman–Crippen MR) is 195 cm³/mol. The molecule has 0 bridgehead atoms. The van der Waals surface area contributed by atoms with E-state index in [1.807, 2.05) is 44.2 Å². The Morgan fingerprint density at radius 1 is 0.964 bits per heavy atom. The summed E-state index contributed by atoms with van der Waals surface area (Å²) >= 11 is 0. The summed E-state index contributed by atoms with van der Waals surface area (Å²) < 4.78 is 36.1. The second-order valence-corrected chi connectivity index (χ2v) is 17.7. The molecule has 4 aliphatic carbocycles. The van der Waals surface area contributed by atoms with Crippen molar-refractivity contribution in [1.82, 2.24) is 5.32 Å². The highest BCUT2D eigenvalue weighted by Gasteiger charge is 2.90. The number of methoxy groups -OCH3 is 1. The molecular formula is C42H55NO12. The Balaban J connectivity index is 1.31. The Hall–Kier alpha value is -3.97. The number of aliphatic hydroxyl groups is 1. The molecule has 2 aliphatic heterocycles. The molecule has 1 aromatic carbocycles. The lowest BCUT2D eigenvalue weighted by Gasteiger charge is -2.73. The van der Waals surface area contributed by atoms with Gasteiger partial charge in [-0.25, -0.2) is 9.59 Å². The summed E-state index contributed by atoms with van der Waals surface area (Å²) in [4.78, 5) is 66.4. The predicted octanol–water partition coefficient (Wildman–Crippen LogP) is 4.96. The zero-order chi connectivity index (χ0) is 39.9. The van der Waals surface area contributed by atoms with Crippen molar-refractivity contribution in [2.45, 2.75) is 129 Å². The van der Waals surface area contributed by atoms with Gasteiger partial charge < -0.3 is 38.8 Å². The summed E-state index contributed by atoms with van der Waals surface area (Å²) in [5.74, 6) is -3.38. The van der Waals surface area contributed by atoms with Crippen LogP contribution in [0.1, 0.15) is 92.1 Å². The number of alkyl carbamates (subject to hydrolysis) is 1. The minimum Gasteiger partial charge on any atom is -0.467 e. The minimum atomic E-state index is -1.74. The van der Waals surface area contributed by atoms with E-state index in [9.17, 15) is 29.1 Å². The highest BCUT2D eigenvalue weighted by atomic mass is 16.7. The number of rotatable bonds is 7. The Kier molecular flexibility index (Phi) is 9.51. The van der Waals surface area contributed by atoms with Crippen molar-refractivity contribution >= 4 is 30.0 Å². The lowest BCUT2D eigenvalue weighted by Crippen LogP contribution is -2.82. The standard InChI is InChI=1S/C42H55NO12/c1-23-20-41(49)30-16-18-37(5)28(38(30,6)33(53-25(3)44)34(54-26(4)45)39(41,7)42(32(23)55-42)35(47)50-8)17-19-40(22-51-31(46)15-14-29(37)40)24(2)52-36(48)43-21-27-12-10-9-11-13-27/h9-13,24,28-30,32-34,49H,1,14-22H2,2-8H3,(H,43,48)/t24?,28?,29-,30?,32+,33+,34-,37+,38+,39+,40-,41+,42-/m0/s1. The molecule has 1 amide bonds. The molecule has 300 valence electrons. The van der Waals surface area contributed by atoms with E-state index in [1.165, 1.54) is 21.0 Å². The van der Waals surface area contributed by atoms with Gasteiger partial charge in [0, 0.05) is 44.1 Å². The fourth-order valence-electron chi connectivity index (χ4n) is 13.1.